The van der Waals surface area contributed by atoms with Crippen LogP contribution in [0.2, 0.25) is 0 Å². The van der Waals surface area contributed by atoms with Gasteiger partial charge in [-0.25, -0.2) is 0 Å². The lowest BCUT2D eigenvalue weighted by Crippen LogP contribution is -2.18. The fourth-order valence-electron chi connectivity index (χ4n) is 6.98. The van der Waals surface area contributed by atoms with Crippen LogP contribution in [0.3, 0.4) is 0 Å². The van der Waals surface area contributed by atoms with Gasteiger partial charge in [-0.3, -0.25) is 0 Å². The van der Waals surface area contributed by atoms with Crippen molar-refractivity contribution in [2.75, 3.05) is 0 Å². The number of unbranched alkanes of at least 4 members (excludes halogenated alkanes) is 1. The monoisotopic (exact) mass is 562 g/mol. The third kappa shape index (κ3) is 10.6. The molecule has 0 aromatic heterocycles. The molecular formula is C42H58. The minimum Gasteiger partial charge on any atom is -0.0628 e. The van der Waals surface area contributed by atoms with Crippen molar-refractivity contribution in [2.45, 2.75) is 112 Å². The van der Waals surface area contributed by atoms with Crippen molar-refractivity contribution in [3.63, 3.8) is 0 Å². The van der Waals surface area contributed by atoms with Crippen molar-refractivity contribution >= 4 is 21.5 Å². The Balaban J connectivity index is 1.29. The molecule has 0 nitrogen and oxygen atoms in total. The van der Waals surface area contributed by atoms with Crippen LogP contribution in [0.1, 0.15) is 110 Å². The highest BCUT2D eigenvalue weighted by atomic mass is 14.2. The number of hydrogen-bond acceptors (Lipinski definition) is 0. The molecule has 0 aliphatic carbocycles. The maximum atomic E-state index is 2.53. The van der Waals surface area contributed by atoms with Gasteiger partial charge in [-0.2, -0.15) is 0 Å². The average Bonchev–Trinajstić information content (AvgIpc) is 2.98. The van der Waals surface area contributed by atoms with Gasteiger partial charge in [-0.05, 0) is 75.1 Å². The van der Waals surface area contributed by atoms with Gasteiger partial charge in [-0.15, -0.1) is 0 Å². The van der Waals surface area contributed by atoms with E-state index in [1.165, 1.54) is 96.9 Å². The van der Waals surface area contributed by atoms with E-state index in [-0.39, 0.29) is 0 Å². The highest BCUT2D eigenvalue weighted by Gasteiger charge is 2.19. The van der Waals surface area contributed by atoms with Crippen LogP contribution in [0.5, 0.6) is 0 Å². The lowest BCUT2D eigenvalue weighted by atomic mass is 9.80. The molecule has 0 saturated carbocycles. The van der Waals surface area contributed by atoms with Gasteiger partial charge >= 0.3 is 0 Å². The molecule has 0 aliphatic heterocycles. The summed E-state index contributed by atoms with van der Waals surface area (Å²) in [4.78, 5) is 0. The zero-order valence-electron chi connectivity index (χ0n) is 27.5. The summed E-state index contributed by atoms with van der Waals surface area (Å²) in [5, 5.41) is 5.42. The Bertz CT molecular complexity index is 1250. The zero-order chi connectivity index (χ0) is 29.7. The summed E-state index contributed by atoms with van der Waals surface area (Å²) in [6, 6.07) is 31.8. The molecule has 0 heterocycles. The number of hydrogen-bond donors (Lipinski definition) is 0. The van der Waals surface area contributed by atoms with Crippen LogP contribution in [-0.2, 0) is 12.8 Å². The summed E-state index contributed by atoms with van der Waals surface area (Å²) in [5.41, 5.74) is 2.97. The Labute approximate surface area is 258 Å². The number of benzene rings is 4. The minimum absolute atomic E-state index is 0.653. The molecule has 4 rings (SSSR count). The van der Waals surface area contributed by atoms with Gasteiger partial charge in [0.1, 0.15) is 0 Å². The minimum atomic E-state index is 0.653. The van der Waals surface area contributed by atoms with Gasteiger partial charge in [0.2, 0.25) is 0 Å². The van der Waals surface area contributed by atoms with Crippen LogP contribution in [0, 0.1) is 29.6 Å². The van der Waals surface area contributed by atoms with Gasteiger partial charge in [0, 0.05) is 0 Å². The summed E-state index contributed by atoms with van der Waals surface area (Å²) >= 11 is 0. The Kier molecular flexibility index (Phi) is 13.0. The van der Waals surface area contributed by atoms with Crippen molar-refractivity contribution in [2.24, 2.45) is 29.6 Å². The molecule has 4 aromatic carbocycles. The standard InChI is InChI=1S/C42H58/c1-32(2)14-12-17-33(3)15-6-7-16-34(4)18-13-19-35(5)42(30-36-24-26-38-20-8-10-22-40(38)28-36)31-37-25-27-39-21-9-11-23-41(39)29-37/h8-11,20-29,32-35,42H,6-7,12-19,30-31H2,1-5H3. The Morgan fingerprint density at radius 1 is 0.429 bits per heavy atom. The van der Waals surface area contributed by atoms with Crippen molar-refractivity contribution in [3.05, 3.63) is 96.1 Å². The summed E-state index contributed by atoms with van der Waals surface area (Å²) in [6.45, 7) is 12.2. The van der Waals surface area contributed by atoms with Gasteiger partial charge in [0.25, 0.3) is 0 Å². The first-order chi connectivity index (χ1) is 20.4. The Hall–Kier alpha value is -2.60. The average molecular weight is 563 g/mol. The molecule has 0 amide bonds. The van der Waals surface area contributed by atoms with E-state index in [1.807, 2.05) is 0 Å². The maximum absolute atomic E-state index is 2.53. The molecule has 0 fully saturated rings. The smallest absolute Gasteiger partial charge is 0.0181 e. The Morgan fingerprint density at radius 2 is 0.857 bits per heavy atom. The van der Waals surface area contributed by atoms with Crippen molar-refractivity contribution in [1.29, 1.82) is 0 Å². The molecule has 3 unspecified atom stereocenters. The number of fused-ring (bicyclic) bond motifs is 2. The first-order valence-corrected chi connectivity index (χ1v) is 17.3. The molecule has 3 atom stereocenters. The number of rotatable bonds is 18. The summed E-state index contributed by atoms with van der Waals surface area (Å²) in [5.74, 6) is 3.98. The predicted octanol–water partition coefficient (Wildman–Crippen LogP) is 12.9. The third-order valence-electron chi connectivity index (χ3n) is 9.91. The van der Waals surface area contributed by atoms with Gasteiger partial charge in [0.05, 0.1) is 0 Å². The molecule has 0 bridgehead atoms. The van der Waals surface area contributed by atoms with Gasteiger partial charge in [0.15, 0.2) is 0 Å². The highest BCUT2D eigenvalue weighted by Crippen LogP contribution is 2.30. The van der Waals surface area contributed by atoms with E-state index < -0.39 is 0 Å². The lowest BCUT2D eigenvalue weighted by molar-refractivity contribution is 0.311. The lowest BCUT2D eigenvalue weighted by Gasteiger charge is -2.25. The molecule has 4 aromatic rings. The zero-order valence-corrected chi connectivity index (χ0v) is 27.5. The molecule has 0 heteroatoms. The topological polar surface area (TPSA) is 0 Å². The van der Waals surface area contributed by atoms with Gasteiger partial charge < -0.3 is 0 Å². The fourth-order valence-corrected chi connectivity index (χ4v) is 6.98. The SMILES string of the molecule is CC(C)CCCC(C)CCCCC(C)CCCC(C)C(Cc1ccc2ccccc2c1)Cc1ccc2ccccc2c1. The fraction of sp³-hybridized carbons (Fsp3) is 0.524. The van der Waals surface area contributed by atoms with Crippen LogP contribution in [0.4, 0.5) is 0 Å². The third-order valence-corrected chi connectivity index (χ3v) is 9.91. The first kappa shape index (κ1) is 32.3. The van der Waals surface area contributed by atoms with Crippen molar-refractivity contribution < 1.29 is 0 Å². The van der Waals surface area contributed by atoms with E-state index in [2.05, 4.69) is 120 Å². The van der Waals surface area contributed by atoms with Crippen molar-refractivity contribution in [3.8, 4) is 0 Å². The van der Waals surface area contributed by atoms with Crippen LogP contribution in [0.15, 0.2) is 84.9 Å². The largest absolute Gasteiger partial charge is 0.0628 e. The second-order valence-electron chi connectivity index (χ2n) is 14.3. The van der Waals surface area contributed by atoms with E-state index >= 15 is 0 Å². The maximum Gasteiger partial charge on any atom is -0.0181 e. The molecule has 42 heavy (non-hydrogen) atoms. The summed E-state index contributed by atoms with van der Waals surface area (Å²) in [7, 11) is 0. The Morgan fingerprint density at radius 3 is 1.33 bits per heavy atom. The summed E-state index contributed by atoms with van der Waals surface area (Å²) < 4.78 is 0. The van der Waals surface area contributed by atoms with Gasteiger partial charge in [-0.1, -0.05) is 184 Å². The van der Waals surface area contributed by atoms with Crippen LogP contribution in [0.25, 0.3) is 21.5 Å². The summed E-state index contributed by atoms with van der Waals surface area (Å²) in [6.07, 6.45) is 16.3. The predicted molar refractivity (Wildman–Crippen MR) is 187 cm³/mol. The molecule has 226 valence electrons. The second kappa shape index (κ2) is 16.9. The van der Waals surface area contributed by atoms with E-state index in [0.29, 0.717) is 11.8 Å². The normalized spacial score (nSPS) is 14.2. The first-order valence-electron chi connectivity index (χ1n) is 17.3. The van der Waals surface area contributed by atoms with Crippen LogP contribution < -0.4 is 0 Å². The molecule has 0 radical (unpaired) electrons. The van der Waals surface area contributed by atoms with E-state index in [4.69, 9.17) is 0 Å². The molecule has 0 spiro atoms. The molecular weight excluding hydrogens is 504 g/mol. The molecule has 0 N–H and O–H groups in total. The van der Waals surface area contributed by atoms with E-state index in [9.17, 15) is 0 Å². The van der Waals surface area contributed by atoms with E-state index in [0.717, 1.165) is 30.6 Å². The molecule has 0 saturated heterocycles. The molecule has 0 aliphatic rings. The van der Waals surface area contributed by atoms with Crippen molar-refractivity contribution in [1.82, 2.24) is 0 Å². The highest BCUT2D eigenvalue weighted by molar-refractivity contribution is 5.83. The van der Waals surface area contributed by atoms with Crippen LogP contribution in [-0.4, -0.2) is 0 Å². The quantitative estimate of drug-likeness (QED) is 0.106. The van der Waals surface area contributed by atoms with Crippen LogP contribution >= 0.6 is 0 Å². The van der Waals surface area contributed by atoms with E-state index in [1.54, 1.807) is 0 Å². The second-order valence-corrected chi connectivity index (χ2v) is 14.3.